The summed E-state index contributed by atoms with van der Waals surface area (Å²) in [4.78, 5) is 6.85. The van der Waals surface area contributed by atoms with Gasteiger partial charge in [0.25, 0.3) is 0 Å². The van der Waals surface area contributed by atoms with E-state index >= 15 is 0 Å². The van der Waals surface area contributed by atoms with Crippen LogP contribution in [0.4, 0.5) is 0 Å². The summed E-state index contributed by atoms with van der Waals surface area (Å²) in [7, 11) is 2.13. The topological polar surface area (TPSA) is 25.4 Å². The number of ether oxygens (including phenoxy) is 1. The fourth-order valence-corrected chi connectivity index (χ4v) is 2.50. The zero-order valence-electron chi connectivity index (χ0n) is 8.69. The van der Waals surface area contributed by atoms with Crippen molar-refractivity contribution in [2.75, 3.05) is 26.7 Å². The highest BCUT2D eigenvalue weighted by atomic mass is 32.1. The van der Waals surface area contributed by atoms with Gasteiger partial charge in [-0.2, -0.15) is 0 Å². The van der Waals surface area contributed by atoms with Crippen LogP contribution >= 0.6 is 11.3 Å². The van der Waals surface area contributed by atoms with Gasteiger partial charge in [0.1, 0.15) is 11.1 Å². The SMILES string of the molecule is CCc1csc(C2CN(C)CCO2)n1. The highest BCUT2D eigenvalue weighted by Crippen LogP contribution is 2.24. The van der Waals surface area contributed by atoms with Crippen LogP contribution in [0.5, 0.6) is 0 Å². The largest absolute Gasteiger partial charge is 0.368 e. The molecule has 0 aliphatic carbocycles. The van der Waals surface area contributed by atoms with Crippen LogP contribution < -0.4 is 0 Å². The number of nitrogens with zero attached hydrogens (tertiary/aromatic N) is 2. The molecule has 0 amide bonds. The van der Waals surface area contributed by atoms with Crippen molar-refractivity contribution in [3.63, 3.8) is 0 Å². The van der Waals surface area contributed by atoms with Crippen molar-refractivity contribution in [2.45, 2.75) is 19.4 Å². The Hall–Kier alpha value is -0.450. The second-order valence-electron chi connectivity index (χ2n) is 3.65. The minimum absolute atomic E-state index is 0.194. The summed E-state index contributed by atoms with van der Waals surface area (Å²) < 4.78 is 5.70. The van der Waals surface area contributed by atoms with Gasteiger partial charge in [-0.15, -0.1) is 11.3 Å². The third kappa shape index (κ3) is 2.13. The lowest BCUT2D eigenvalue weighted by molar-refractivity contribution is -0.0210. The summed E-state index contributed by atoms with van der Waals surface area (Å²) in [6, 6.07) is 0. The van der Waals surface area contributed by atoms with Crippen molar-refractivity contribution in [1.29, 1.82) is 0 Å². The zero-order valence-corrected chi connectivity index (χ0v) is 9.51. The number of morpholine rings is 1. The van der Waals surface area contributed by atoms with E-state index in [1.807, 2.05) is 0 Å². The molecule has 0 spiro atoms. The Bertz CT molecular complexity index is 300. The van der Waals surface area contributed by atoms with Crippen LogP contribution in [0.2, 0.25) is 0 Å². The van der Waals surface area contributed by atoms with E-state index in [4.69, 9.17) is 4.74 Å². The van der Waals surface area contributed by atoms with Gasteiger partial charge in [-0.05, 0) is 13.5 Å². The molecule has 0 aromatic carbocycles. The van der Waals surface area contributed by atoms with E-state index in [2.05, 4.69) is 29.2 Å². The zero-order chi connectivity index (χ0) is 9.97. The van der Waals surface area contributed by atoms with Gasteiger partial charge in [-0.3, -0.25) is 0 Å². The Morgan fingerprint density at radius 1 is 1.71 bits per heavy atom. The molecule has 2 heterocycles. The minimum atomic E-state index is 0.194. The van der Waals surface area contributed by atoms with Crippen molar-refractivity contribution >= 4 is 11.3 Å². The predicted molar refractivity (Wildman–Crippen MR) is 57.7 cm³/mol. The predicted octanol–water partition coefficient (Wildman–Crippen LogP) is 1.71. The summed E-state index contributed by atoms with van der Waals surface area (Å²) in [5, 5.41) is 3.27. The van der Waals surface area contributed by atoms with Crippen LogP contribution in [0, 0.1) is 0 Å². The Kier molecular flexibility index (Phi) is 3.15. The van der Waals surface area contributed by atoms with Crippen LogP contribution in [-0.2, 0) is 11.2 Å². The van der Waals surface area contributed by atoms with Gasteiger partial charge in [0.2, 0.25) is 0 Å². The smallest absolute Gasteiger partial charge is 0.123 e. The van der Waals surface area contributed by atoms with Gasteiger partial charge in [0, 0.05) is 18.5 Å². The fraction of sp³-hybridized carbons (Fsp3) is 0.700. The number of aryl methyl sites for hydroxylation is 1. The molecule has 0 N–H and O–H groups in total. The molecule has 14 heavy (non-hydrogen) atoms. The molecule has 3 nitrogen and oxygen atoms in total. The van der Waals surface area contributed by atoms with Gasteiger partial charge in [0.05, 0.1) is 12.3 Å². The van der Waals surface area contributed by atoms with Crippen molar-refractivity contribution in [3.05, 3.63) is 16.1 Å². The molecule has 1 aromatic heterocycles. The number of rotatable bonds is 2. The second-order valence-corrected chi connectivity index (χ2v) is 4.54. The molecule has 1 saturated heterocycles. The van der Waals surface area contributed by atoms with E-state index in [9.17, 15) is 0 Å². The van der Waals surface area contributed by atoms with Crippen molar-refractivity contribution < 1.29 is 4.74 Å². The van der Waals surface area contributed by atoms with E-state index in [1.54, 1.807) is 11.3 Å². The van der Waals surface area contributed by atoms with Gasteiger partial charge in [-0.1, -0.05) is 6.92 Å². The van der Waals surface area contributed by atoms with Gasteiger partial charge in [-0.25, -0.2) is 4.98 Å². The van der Waals surface area contributed by atoms with Crippen LogP contribution in [-0.4, -0.2) is 36.6 Å². The highest BCUT2D eigenvalue weighted by molar-refractivity contribution is 7.09. The third-order valence-electron chi connectivity index (χ3n) is 2.48. The molecule has 1 fully saturated rings. The average Bonchev–Trinajstić information content (AvgIpc) is 2.66. The molecule has 1 aromatic rings. The van der Waals surface area contributed by atoms with Crippen LogP contribution in [0.3, 0.4) is 0 Å². The number of hydrogen-bond donors (Lipinski definition) is 0. The maximum atomic E-state index is 5.70. The summed E-state index contributed by atoms with van der Waals surface area (Å²) in [5.41, 5.74) is 1.18. The molecule has 0 saturated carbocycles. The lowest BCUT2D eigenvalue weighted by Gasteiger charge is -2.28. The Balaban J connectivity index is 2.06. The molecule has 1 unspecified atom stereocenters. The molecule has 78 valence electrons. The summed E-state index contributed by atoms with van der Waals surface area (Å²) in [6.07, 6.45) is 1.21. The quantitative estimate of drug-likeness (QED) is 0.746. The molecular weight excluding hydrogens is 196 g/mol. The third-order valence-corrected chi connectivity index (χ3v) is 3.46. The first-order chi connectivity index (χ1) is 6.79. The molecule has 4 heteroatoms. The summed E-state index contributed by atoms with van der Waals surface area (Å²) in [6.45, 7) is 4.95. The van der Waals surface area contributed by atoms with Gasteiger partial charge in [0.15, 0.2) is 0 Å². The molecular formula is C10H16N2OS. The molecule has 0 radical (unpaired) electrons. The number of likely N-dealkylation sites (N-methyl/N-ethyl adjacent to an activating group) is 1. The standard InChI is InChI=1S/C10H16N2OS/c1-3-8-7-14-10(11-8)9-6-12(2)4-5-13-9/h7,9H,3-6H2,1-2H3. The minimum Gasteiger partial charge on any atom is -0.368 e. The normalized spacial score (nSPS) is 24.0. The summed E-state index contributed by atoms with van der Waals surface area (Å²) in [5.74, 6) is 0. The highest BCUT2D eigenvalue weighted by Gasteiger charge is 2.21. The van der Waals surface area contributed by atoms with Crippen molar-refractivity contribution in [1.82, 2.24) is 9.88 Å². The Labute approximate surface area is 88.7 Å². The van der Waals surface area contributed by atoms with E-state index in [0.29, 0.717) is 0 Å². The molecule has 1 aliphatic rings. The fourth-order valence-electron chi connectivity index (χ4n) is 1.56. The number of aromatic nitrogens is 1. The second kappa shape index (κ2) is 4.38. The van der Waals surface area contributed by atoms with E-state index in [-0.39, 0.29) is 6.10 Å². The first-order valence-electron chi connectivity index (χ1n) is 5.04. The Morgan fingerprint density at radius 2 is 2.57 bits per heavy atom. The van der Waals surface area contributed by atoms with E-state index < -0.39 is 0 Å². The van der Waals surface area contributed by atoms with Gasteiger partial charge >= 0.3 is 0 Å². The molecule has 2 rings (SSSR count). The molecule has 0 bridgehead atoms. The lowest BCUT2D eigenvalue weighted by Crippen LogP contribution is -2.35. The van der Waals surface area contributed by atoms with Crippen molar-refractivity contribution in [3.8, 4) is 0 Å². The lowest BCUT2D eigenvalue weighted by atomic mass is 10.3. The number of hydrogen-bond acceptors (Lipinski definition) is 4. The first-order valence-corrected chi connectivity index (χ1v) is 5.92. The van der Waals surface area contributed by atoms with Gasteiger partial charge < -0.3 is 9.64 Å². The van der Waals surface area contributed by atoms with Crippen LogP contribution in [0.1, 0.15) is 23.7 Å². The molecule has 1 atom stereocenters. The van der Waals surface area contributed by atoms with E-state index in [1.165, 1.54) is 5.69 Å². The summed E-state index contributed by atoms with van der Waals surface area (Å²) >= 11 is 1.72. The van der Waals surface area contributed by atoms with E-state index in [0.717, 1.165) is 31.1 Å². The van der Waals surface area contributed by atoms with Crippen LogP contribution in [0.15, 0.2) is 5.38 Å². The van der Waals surface area contributed by atoms with Crippen LogP contribution in [0.25, 0.3) is 0 Å². The molecule has 1 aliphatic heterocycles. The Morgan fingerprint density at radius 3 is 3.21 bits per heavy atom. The van der Waals surface area contributed by atoms with Crippen molar-refractivity contribution in [2.24, 2.45) is 0 Å². The average molecular weight is 212 g/mol. The first kappa shape index (κ1) is 10.1. The maximum Gasteiger partial charge on any atom is 0.123 e. The maximum absolute atomic E-state index is 5.70. The monoisotopic (exact) mass is 212 g/mol. The number of thiazole rings is 1.